The Labute approximate surface area is 155 Å². The molecule has 0 aliphatic carbocycles. The van der Waals surface area contributed by atoms with Gasteiger partial charge in [0.1, 0.15) is 5.75 Å². The van der Waals surface area contributed by atoms with Crippen LogP contribution in [-0.2, 0) is 11.2 Å². The lowest BCUT2D eigenvalue weighted by Crippen LogP contribution is -2.38. The van der Waals surface area contributed by atoms with Crippen molar-refractivity contribution in [3.63, 3.8) is 0 Å². The van der Waals surface area contributed by atoms with E-state index < -0.39 is 5.91 Å². The number of hydrogen-bond acceptors (Lipinski definition) is 3. The van der Waals surface area contributed by atoms with Crippen LogP contribution in [0.4, 0.5) is 0 Å². The van der Waals surface area contributed by atoms with Gasteiger partial charge in [-0.3, -0.25) is 9.79 Å². The van der Waals surface area contributed by atoms with E-state index in [1.807, 2.05) is 24.3 Å². The maximum atomic E-state index is 10.6. The lowest BCUT2D eigenvalue weighted by Gasteiger charge is -2.11. The molecule has 0 aromatic heterocycles. The first-order chi connectivity index (χ1) is 10.7. The summed E-state index contributed by atoms with van der Waals surface area (Å²) < 4.78 is 5.22. The van der Waals surface area contributed by atoms with Gasteiger partial charge in [0, 0.05) is 20.1 Å². The van der Waals surface area contributed by atoms with Gasteiger partial charge in [-0.1, -0.05) is 25.5 Å². The number of unbranched alkanes of at least 4 members (excludes halogenated alkanes) is 1. The summed E-state index contributed by atoms with van der Waals surface area (Å²) in [6.45, 7) is 3.80. The van der Waals surface area contributed by atoms with Crippen LogP contribution >= 0.6 is 24.0 Å². The molecule has 6 nitrogen and oxygen atoms in total. The predicted molar refractivity (Wildman–Crippen MR) is 105 cm³/mol. The minimum absolute atomic E-state index is 0. The molecule has 130 valence electrons. The minimum atomic E-state index is -0.477. The van der Waals surface area contributed by atoms with Gasteiger partial charge in [-0.15, -0.1) is 24.0 Å². The summed E-state index contributed by atoms with van der Waals surface area (Å²) in [5.74, 6) is 0.998. The summed E-state index contributed by atoms with van der Waals surface area (Å²) in [6.07, 6.45) is 3.17. The maximum Gasteiger partial charge on any atom is 0.255 e. The first kappa shape index (κ1) is 21.5. The Morgan fingerprint density at radius 3 is 2.43 bits per heavy atom. The van der Waals surface area contributed by atoms with E-state index in [2.05, 4.69) is 22.5 Å². The highest BCUT2D eigenvalue weighted by atomic mass is 127. The molecular weight excluding hydrogens is 407 g/mol. The van der Waals surface area contributed by atoms with Crippen LogP contribution in [0.25, 0.3) is 0 Å². The Morgan fingerprint density at radius 1 is 1.22 bits per heavy atom. The fraction of sp³-hybridized carbons (Fsp3) is 0.500. The van der Waals surface area contributed by atoms with Crippen LogP contribution in [0.1, 0.15) is 25.3 Å². The predicted octanol–water partition coefficient (Wildman–Crippen LogP) is 1.68. The normalized spacial score (nSPS) is 10.6. The van der Waals surface area contributed by atoms with E-state index in [-0.39, 0.29) is 30.6 Å². The summed E-state index contributed by atoms with van der Waals surface area (Å²) in [5.41, 5.74) is 6.21. The molecule has 0 saturated carbocycles. The van der Waals surface area contributed by atoms with Gasteiger partial charge in [0.25, 0.3) is 5.91 Å². The first-order valence-corrected chi connectivity index (χ1v) is 7.60. The zero-order valence-corrected chi connectivity index (χ0v) is 16.1. The number of benzene rings is 1. The van der Waals surface area contributed by atoms with Gasteiger partial charge in [0.2, 0.25) is 0 Å². The van der Waals surface area contributed by atoms with Crippen LogP contribution in [-0.4, -0.2) is 38.6 Å². The minimum Gasteiger partial charge on any atom is -0.484 e. The molecule has 0 radical (unpaired) electrons. The molecule has 0 spiro atoms. The van der Waals surface area contributed by atoms with E-state index in [9.17, 15) is 4.79 Å². The number of nitrogens with two attached hydrogens (primary N) is 1. The van der Waals surface area contributed by atoms with Crippen LogP contribution in [0.5, 0.6) is 5.75 Å². The van der Waals surface area contributed by atoms with Gasteiger partial charge in [0.05, 0.1) is 0 Å². The molecule has 1 amide bonds. The quantitative estimate of drug-likeness (QED) is 0.239. The third kappa shape index (κ3) is 9.98. The molecule has 1 rings (SSSR count). The van der Waals surface area contributed by atoms with Crippen LogP contribution in [0.15, 0.2) is 29.3 Å². The molecule has 0 unspecified atom stereocenters. The Balaban J connectivity index is 0.00000484. The summed E-state index contributed by atoms with van der Waals surface area (Å²) in [5, 5.41) is 6.55. The number of nitrogens with zero attached hydrogens (tertiary/aromatic N) is 1. The summed E-state index contributed by atoms with van der Waals surface area (Å²) in [7, 11) is 1.77. The van der Waals surface area contributed by atoms with Crippen LogP contribution < -0.4 is 21.1 Å². The largest absolute Gasteiger partial charge is 0.484 e. The molecule has 4 N–H and O–H groups in total. The molecule has 7 heteroatoms. The average molecular weight is 434 g/mol. The Bertz CT molecular complexity index is 477. The van der Waals surface area contributed by atoms with Crippen molar-refractivity contribution in [3.8, 4) is 5.75 Å². The monoisotopic (exact) mass is 434 g/mol. The number of carbonyl (C=O) groups excluding carboxylic acids is 1. The third-order valence-electron chi connectivity index (χ3n) is 3.06. The second kappa shape index (κ2) is 13.0. The fourth-order valence-electron chi connectivity index (χ4n) is 1.84. The third-order valence-corrected chi connectivity index (χ3v) is 3.06. The van der Waals surface area contributed by atoms with E-state index in [1.54, 1.807) is 7.05 Å². The fourth-order valence-corrected chi connectivity index (χ4v) is 1.84. The number of primary amides is 1. The van der Waals surface area contributed by atoms with E-state index in [0.717, 1.165) is 38.3 Å². The Kier molecular flexibility index (Phi) is 12.1. The van der Waals surface area contributed by atoms with Crippen molar-refractivity contribution in [2.75, 3.05) is 26.7 Å². The van der Waals surface area contributed by atoms with Gasteiger partial charge in [-0.25, -0.2) is 0 Å². The van der Waals surface area contributed by atoms with Crippen molar-refractivity contribution in [1.29, 1.82) is 0 Å². The number of hydrogen-bond donors (Lipinski definition) is 3. The van der Waals surface area contributed by atoms with Gasteiger partial charge < -0.3 is 21.1 Å². The number of guanidine groups is 1. The number of halogens is 1. The SMILES string of the molecule is CCCCNC(=NC)NCCc1ccc(OCC(N)=O)cc1.I. The molecule has 0 bridgehead atoms. The van der Waals surface area contributed by atoms with Crippen LogP contribution in [0.2, 0.25) is 0 Å². The lowest BCUT2D eigenvalue weighted by atomic mass is 10.1. The number of nitrogens with one attached hydrogen (secondary N) is 2. The molecule has 1 aromatic rings. The van der Waals surface area contributed by atoms with E-state index in [1.165, 1.54) is 5.56 Å². The zero-order chi connectivity index (χ0) is 16.2. The van der Waals surface area contributed by atoms with Crippen LogP contribution in [0, 0.1) is 0 Å². The highest BCUT2D eigenvalue weighted by Crippen LogP contribution is 2.12. The van der Waals surface area contributed by atoms with Crippen molar-refractivity contribution < 1.29 is 9.53 Å². The van der Waals surface area contributed by atoms with Crippen molar-refractivity contribution >= 4 is 35.8 Å². The second-order valence-corrected chi connectivity index (χ2v) is 4.93. The van der Waals surface area contributed by atoms with E-state index in [4.69, 9.17) is 10.5 Å². The highest BCUT2D eigenvalue weighted by Gasteiger charge is 2.00. The molecule has 0 aliphatic rings. The van der Waals surface area contributed by atoms with Crippen LogP contribution in [0.3, 0.4) is 0 Å². The summed E-state index contributed by atoms with van der Waals surface area (Å²) in [6, 6.07) is 7.63. The number of aliphatic imine (C=N–C) groups is 1. The molecule has 0 aliphatic heterocycles. The Morgan fingerprint density at radius 2 is 1.87 bits per heavy atom. The molecule has 1 aromatic carbocycles. The standard InChI is InChI=1S/C16H26N4O2.HI/c1-3-4-10-19-16(18-2)20-11-9-13-5-7-14(8-6-13)22-12-15(17)21;/h5-8H,3-4,9-12H2,1-2H3,(H2,17,21)(H2,18,19,20);1H. The topological polar surface area (TPSA) is 88.7 Å². The lowest BCUT2D eigenvalue weighted by molar-refractivity contribution is -0.119. The van der Waals surface area contributed by atoms with Gasteiger partial charge in [0.15, 0.2) is 12.6 Å². The average Bonchev–Trinajstić information content (AvgIpc) is 2.52. The zero-order valence-electron chi connectivity index (χ0n) is 13.8. The number of rotatable bonds is 9. The molecular formula is C16H27IN4O2. The van der Waals surface area contributed by atoms with Crippen molar-refractivity contribution in [3.05, 3.63) is 29.8 Å². The molecule has 0 fully saturated rings. The first-order valence-electron chi connectivity index (χ1n) is 7.60. The summed E-state index contributed by atoms with van der Waals surface area (Å²) >= 11 is 0. The molecule has 0 saturated heterocycles. The van der Waals surface area contributed by atoms with E-state index >= 15 is 0 Å². The maximum absolute atomic E-state index is 10.6. The second-order valence-electron chi connectivity index (χ2n) is 4.93. The molecule has 0 atom stereocenters. The smallest absolute Gasteiger partial charge is 0.255 e. The number of carbonyl (C=O) groups is 1. The van der Waals surface area contributed by atoms with Crippen molar-refractivity contribution in [2.45, 2.75) is 26.2 Å². The summed E-state index contributed by atoms with van der Waals surface area (Å²) in [4.78, 5) is 14.8. The van der Waals surface area contributed by atoms with Gasteiger partial charge >= 0.3 is 0 Å². The Hall–Kier alpha value is -1.51. The van der Waals surface area contributed by atoms with Crippen molar-refractivity contribution in [2.24, 2.45) is 10.7 Å². The number of ether oxygens (including phenoxy) is 1. The number of amides is 1. The highest BCUT2D eigenvalue weighted by molar-refractivity contribution is 14.0. The van der Waals surface area contributed by atoms with Gasteiger partial charge in [-0.2, -0.15) is 0 Å². The molecule has 0 heterocycles. The van der Waals surface area contributed by atoms with Crippen molar-refractivity contribution in [1.82, 2.24) is 10.6 Å². The molecule has 23 heavy (non-hydrogen) atoms. The van der Waals surface area contributed by atoms with Gasteiger partial charge in [-0.05, 0) is 30.5 Å². The van der Waals surface area contributed by atoms with E-state index in [0.29, 0.717) is 5.75 Å².